The van der Waals surface area contributed by atoms with Crippen LogP contribution in [0.15, 0.2) is 50.1 Å². The fraction of sp³-hybridized carbons (Fsp3) is 0.158. The number of hydrogen-bond donors (Lipinski definition) is 0. The highest BCUT2D eigenvalue weighted by Crippen LogP contribution is 2.36. The predicted octanol–water partition coefficient (Wildman–Crippen LogP) is 5.94. The Balaban J connectivity index is 3.04. The second-order valence-corrected chi connectivity index (χ2v) is 5.24. The first-order chi connectivity index (χ1) is 8.93. The van der Waals surface area contributed by atoms with E-state index in [9.17, 15) is 0 Å². The molecule has 0 radical (unpaired) electrons. The SMILES string of the molecule is C=C(C)c1cc2ccccc2c(C(=C)C)c1C(=C)C. The summed E-state index contributed by atoms with van der Waals surface area (Å²) >= 11 is 0. The Bertz CT molecular complexity index is 699. The lowest BCUT2D eigenvalue weighted by atomic mass is 9.85. The zero-order valence-electron chi connectivity index (χ0n) is 12.0. The van der Waals surface area contributed by atoms with Crippen molar-refractivity contribution in [3.63, 3.8) is 0 Å². The van der Waals surface area contributed by atoms with E-state index in [-0.39, 0.29) is 0 Å². The largest absolute Gasteiger partial charge is 0.0955 e. The van der Waals surface area contributed by atoms with Gasteiger partial charge < -0.3 is 0 Å². The van der Waals surface area contributed by atoms with E-state index >= 15 is 0 Å². The summed E-state index contributed by atoms with van der Waals surface area (Å²) in [6.07, 6.45) is 0. The summed E-state index contributed by atoms with van der Waals surface area (Å²) in [5, 5.41) is 2.46. The molecule has 0 heterocycles. The Morgan fingerprint density at radius 3 is 1.89 bits per heavy atom. The van der Waals surface area contributed by atoms with Crippen LogP contribution in [0.4, 0.5) is 0 Å². The fourth-order valence-corrected chi connectivity index (χ4v) is 2.57. The number of allylic oxidation sites excluding steroid dienone is 3. The van der Waals surface area contributed by atoms with Crippen LogP contribution in [-0.4, -0.2) is 0 Å². The third kappa shape index (κ3) is 2.26. The molecule has 2 aromatic rings. The van der Waals surface area contributed by atoms with Crippen molar-refractivity contribution in [2.24, 2.45) is 0 Å². The lowest BCUT2D eigenvalue weighted by molar-refractivity contribution is 1.48. The molecule has 96 valence electrons. The fourth-order valence-electron chi connectivity index (χ4n) is 2.57. The molecule has 2 rings (SSSR count). The molecule has 0 heteroatoms. The topological polar surface area (TPSA) is 0 Å². The van der Waals surface area contributed by atoms with E-state index in [2.05, 4.69) is 57.0 Å². The molecule has 0 fully saturated rings. The summed E-state index contributed by atoms with van der Waals surface area (Å²) in [4.78, 5) is 0. The van der Waals surface area contributed by atoms with Crippen molar-refractivity contribution >= 4 is 27.5 Å². The van der Waals surface area contributed by atoms with Crippen LogP contribution in [0.5, 0.6) is 0 Å². The van der Waals surface area contributed by atoms with Gasteiger partial charge >= 0.3 is 0 Å². The second kappa shape index (κ2) is 4.89. The van der Waals surface area contributed by atoms with Gasteiger partial charge in [0.1, 0.15) is 0 Å². The maximum atomic E-state index is 4.15. The van der Waals surface area contributed by atoms with Gasteiger partial charge in [0.15, 0.2) is 0 Å². The summed E-state index contributed by atoms with van der Waals surface area (Å²) < 4.78 is 0. The monoisotopic (exact) mass is 248 g/mol. The van der Waals surface area contributed by atoms with E-state index in [1.807, 2.05) is 13.8 Å². The Hall–Kier alpha value is -2.08. The maximum Gasteiger partial charge on any atom is -0.00734 e. The van der Waals surface area contributed by atoms with Crippen LogP contribution >= 0.6 is 0 Å². The first-order valence-electron chi connectivity index (χ1n) is 6.47. The molecule has 0 aliphatic heterocycles. The summed E-state index contributed by atoms with van der Waals surface area (Å²) in [6.45, 7) is 18.5. The van der Waals surface area contributed by atoms with E-state index in [1.165, 1.54) is 27.5 Å². The second-order valence-electron chi connectivity index (χ2n) is 5.24. The summed E-state index contributed by atoms with van der Waals surface area (Å²) in [6, 6.07) is 10.6. The molecule has 0 bridgehead atoms. The minimum Gasteiger partial charge on any atom is -0.0955 e. The van der Waals surface area contributed by atoms with Gasteiger partial charge in [0.25, 0.3) is 0 Å². The van der Waals surface area contributed by atoms with Gasteiger partial charge in [-0.15, -0.1) is 0 Å². The van der Waals surface area contributed by atoms with Crippen LogP contribution in [0.25, 0.3) is 27.5 Å². The van der Waals surface area contributed by atoms with Crippen molar-refractivity contribution in [3.05, 3.63) is 66.8 Å². The molecule has 0 amide bonds. The summed E-state index contributed by atoms with van der Waals surface area (Å²) in [5.41, 5.74) is 6.73. The Morgan fingerprint density at radius 1 is 0.789 bits per heavy atom. The average Bonchev–Trinajstić information content (AvgIpc) is 2.35. The van der Waals surface area contributed by atoms with Crippen molar-refractivity contribution in [2.75, 3.05) is 0 Å². The van der Waals surface area contributed by atoms with Gasteiger partial charge in [-0.25, -0.2) is 0 Å². The van der Waals surface area contributed by atoms with E-state index in [0.29, 0.717) is 0 Å². The van der Waals surface area contributed by atoms with Crippen LogP contribution < -0.4 is 0 Å². The molecule has 0 aliphatic carbocycles. The molecule has 0 nitrogen and oxygen atoms in total. The van der Waals surface area contributed by atoms with Crippen molar-refractivity contribution in [1.29, 1.82) is 0 Å². The molecule has 2 aromatic carbocycles. The lowest BCUT2D eigenvalue weighted by Gasteiger charge is -2.18. The van der Waals surface area contributed by atoms with Crippen molar-refractivity contribution < 1.29 is 0 Å². The maximum absolute atomic E-state index is 4.15. The number of benzene rings is 2. The number of fused-ring (bicyclic) bond motifs is 1. The van der Waals surface area contributed by atoms with Crippen LogP contribution in [0.3, 0.4) is 0 Å². The zero-order chi connectivity index (χ0) is 14.2. The van der Waals surface area contributed by atoms with Crippen molar-refractivity contribution in [1.82, 2.24) is 0 Å². The normalized spacial score (nSPS) is 10.5. The molecule has 0 saturated heterocycles. The van der Waals surface area contributed by atoms with Crippen LogP contribution in [0.1, 0.15) is 37.5 Å². The average molecular weight is 248 g/mol. The lowest BCUT2D eigenvalue weighted by Crippen LogP contribution is -1.97. The highest BCUT2D eigenvalue weighted by molar-refractivity contribution is 6.01. The Morgan fingerprint density at radius 2 is 1.37 bits per heavy atom. The van der Waals surface area contributed by atoms with Crippen molar-refractivity contribution in [2.45, 2.75) is 20.8 Å². The molecule has 0 unspecified atom stereocenters. The molecule has 0 atom stereocenters. The minimum atomic E-state index is 1.06. The first kappa shape index (κ1) is 13.4. The number of hydrogen-bond acceptors (Lipinski definition) is 0. The molecule has 0 aromatic heterocycles. The van der Waals surface area contributed by atoms with Gasteiger partial charge in [0, 0.05) is 0 Å². The summed E-state index contributed by atoms with van der Waals surface area (Å²) in [7, 11) is 0. The van der Waals surface area contributed by atoms with Crippen LogP contribution in [0, 0.1) is 0 Å². The third-order valence-electron chi connectivity index (χ3n) is 3.36. The molecule has 0 N–H and O–H groups in total. The molecule has 19 heavy (non-hydrogen) atoms. The van der Waals surface area contributed by atoms with Gasteiger partial charge in [0.05, 0.1) is 0 Å². The predicted molar refractivity (Wildman–Crippen MR) is 88.1 cm³/mol. The first-order valence-corrected chi connectivity index (χ1v) is 6.47. The van der Waals surface area contributed by atoms with E-state index < -0.39 is 0 Å². The zero-order valence-corrected chi connectivity index (χ0v) is 12.0. The van der Waals surface area contributed by atoms with Gasteiger partial charge in [-0.3, -0.25) is 0 Å². The van der Waals surface area contributed by atoms with Gasteiger partial charge in [-0.1, -0.05) is 49.6 Å². The smallest absolute Gasteiger partial charge is 0.00734 e. The Labute approximate surface area is 115 Å². The summed E-state index contributed by atoms with van der Waals surface area (Å²) in [5.74, 6) is 0. The highest BCUT2D eigenvalue weighted by Gasteiger charge is 2.14. The molecule has 0 aliphatic rings. The van der Waals surface area contributed by atoms with E-state index in [4.69, 9.17) is 0 Å². The molecule has 0 spiro atoms. The molecular formula is C19H20. The van der Waals surface area contributed by atoms with Crippen LogP contribution in [0.2, 0.25) is 0 Å². The molecule has 0 saturated carbocycles. The number of rotatable bonds is 3. The van der Waals surface area contributed by atoms with Crippen molar-refractivity contribution in [3.8, 4) is 0 Å². The Kier molecular flexibility index (Phi) is 3.44. The van der Waals surface area contributed by atoms with E-state index in [0.717, 1.165) is 16.7 Å². The van der Waals surface area contributed by atoms with Gasteiger partial charge in [-0.2, -0.15) is 0 Å². The highest BCUT2D eigenvalue weighted by atomic mass is 14.2. The molecular weight excluding hydrogens is 228 g/mol. The van der Waals surface area contributed by atoms with E-state index in [1.54, 1.807) is 0 Å². The minimum absolute atomic E-state index is 1.06. The van der Waals surface area contributed by atoms with Gasteiger partial charge in [-0.05, 0) is 65.4 Å². The third-order valence-corrected chi connectivity index (χ3v) is 3.36. The standard InChI is InChI=1S/C19H20/c1-12(2)17-11-15-9-7-8-10-16(15)18(13(3)4)19(17)14(5)6/h7-11H,1,3,5H2,2,4,6H3. The van der Waals surface area contributed by atoms with Gasteiger partial charge in [0.2, 0.25) is 0 Å². The van der Waals surface area contributed by atoms with Crippen LogP contribution in [-0.2, 0) is 0 Å². The quantitative estimate of drug-likeness (QED) is 0.630.